The molecule has 0 saturated heterocycles. The zero-order chi connectivity index (χ0) is 15.0. The normalized spacial score (nSPS) is 11.2. The van der Waals surface area contributed by atoms with Crippen molar-refractivity contribution in [2.24, 2.45) is 0 Å². The van der Waals surface area contributed by atoms with Gasteiger partial charge in [-0.05, 0) is 25.5 Å². The van der Waals surface area contributed by atoms with Crippen molar-refractivity contribution in [2.75, 3.05) is 17.7 Å². The highest BCUT2D eigenvalue weighted by atomic mass is 32.1. The molecule has 5 nitrogen and oxygen atoms in total. The Morgan fingerprint density at radius 2 is 2.19 bits per heavy atom. The van der Waals surface area contributed by atoms with Crippen LogP contribution in [0.25, 0.3) is 10.2 Å². The summed E-state index contributed by atoms with van der Waals surface area (Å²) in [6, 6.07) is 4.15. The lowest BCUT2D eigenvalue weighted by atomic mass is 10.2. The minimum atomic E-state index is 0.317. The zero-order valence-electron chi connectivity index (χ0n) is 12.4. The highest BCUT2D eigenvalue weighted by Gasteiger charge is 2.15. The topological polar surface area (TPSA) is 68.2 Å². The van der Waals surface area contributed by atoms with E-state index in [2.05, 4.69) is 27.9 Å². The van der Waals surface area contributed by atoms with Crippen LogP contribution in [-0.4, -0.2) is 17.0 Å². The monoisotopic (exact) mass is 302 g/mol. The summed E-state index contributed by atoms with van der Waals surface area (Å²) >= 11 is 1.68. The molecule has 110 valence electrons. The second-order valence-corrected chi connectivity index (χ2v) is 6.16. The quantitative estimate of drug-likeness (QED) is 0.800. The third kappa shape index (κ3) is 2.58. The van der Waals surface area contributed by atoms with E-state index in [0.717, 1.165) is 40.3 Å². The van der Waals surface area contributed by atoms with Gasteiger partial charge in [0.25, 0.3) is 0 Å². The Hall–Kier alpha value is -2.08. The van der Waals surface area contributed by atoms with Crippen LogP contribution < -0.4 is 10.6 Å². The molecule has 0 fully saturated rings. The number of fused-ring (bicyclic) bond motifs is 1. The predicted molar refractivity (Wildman–Crippen MR) is 86.8 cm³/mol. The summed E-state index contributed by atoms with van der Waals surface area (Å²) < 4.78 is 5.35. The first-order chi connectivity index (χ1) is 10.1. The number of anilines is 2. The molecule has 0 aliphatic heterocycles. The average molecular weight is 302 g/mol. The van der Waals surface area contributed by atoms with Crippen molar-refractivity contribution >= 4 is 33.3 Å². The molecule has 0 aromatic carbocycles. The van der Waals surface area contributed by atoms with Gasteiger partial charge in [0.05, 0.1) is 11.6 Å². The number of nitrogen functional groups attached to an aromatic ring is 1. The number of hydrogen-bond acceptors (Lipinski definition) is 6. The van der Waals surface area contributed by atoms with Crippen molar-refractivity contribution in [2.45, 2.75) is 26.8 Å². The number of hydrogen-bond donors (Lipinski definition) is 1. The van der Waals surface area contributed by atoms with Gasteiger partial charge in [-0.3, -0.25) is 0 Å². The maximum Gasteiger partial charge on any atom is 0.223 e. The fraction of sp³-hybridized carbons (Fsp3) is 0.333. The lowest BCUT2D eigenvalue weighted by Gasteiger charge is -2.18. The molecule has 21 heavy (non-hydrogen) atoms. The molecule has 3 rings (SSSR count). The lowest BCUT2D eigenvalue weighted by Crippen LogP contribution is -2.18. The molecule has 0 amide bonds. The van der Waals surface area contributed by atoms with E-state index in [1.54, 1.807) is 17.6 Å². The Labute approximate surface area is 127 Å². The molecule has 3 aromatic rings. The Balaban J connectivity index is 2.02. The maximum atomic E-state index is 5.86. The Morgan fingerprint density at radius 1 is 1.38 bits per heavy atom. The Morgan fingerprint density at radius 3 is 2.86 bits per heavy atom. The molecule has 0 aliphatic carbocycles. The molecule has 0 bridgehead atoms. The number of nitrogens with zero attached hydrogens (tertiary/aromatic N) is 3. The van der Waals surface area contributed by atoms with E-state index >= 15 is 0 Å². The highest BCUT2D eigenvalue weighted by molar-refractivity contribution is 7.18. The molecule has 3 aromatic heterocycles. The van der Waals surface area contributed by atoms with Crippen molar-refractivity contribution in [3.05, 3.63) is 34.6 Å². The number of nitrogens with two attached hydrogens (primary N) is 1. The summed E-state index contributed by atoms with van der Waals surface area (Å²) in [5.41, 5.74) is 7.00. The average Bonchev–Trinajstić information content (AvgIpc) is 3.04. The standard InChI is InChI=1S/C15H18N4OS/c1-4-11-7-12-13(17-15(16)18-14(12)21-11)19(3)8-10-5-6-20-9(10)2/h5-7H,4,8H2,1-3H3,(H2,16,17,18). The summed E-state index contributed by atoms with van der Waals surface area (Å²) in [4.78, 5) is 13.1. The van der Waals surface area contributed by atoms with Gasteiger partial charge in [-0.25, -0.2) is 4.98 Å². The maximum absolute atomic E-state index is 5.86. The van der Waals surface area contributed by atoms with E-state index in [9.17, 15) is 0 Å². The number of aryl methyl sites for hydroxylation is 2. The van der Waals surface area contributed by atoms with E-state index in [-0.39, 0.29) is 0 Å². The minimum absolute atomic E-state index is 0.317. The van der Waals surface area contributed by atoms with Crippen LogP contribution in [0.2, 0.25) is 0 Å². The zero-order valence-corrected chi connectivity index (χ0v) is 13.2. The van der Waals surface area contributed by atoms with Crippen LogP contribution in [-0.2, 0) is 13.0 Å². The second-order valence-electron chi connectivity index (χ2n) is 5.05. The Bertz CT molecular complexity index is 777. The smallest absolute Gasteiger partial charge is 0.223 e. The van der Waals surface area contributed by atoms with Crippen molar-refractivity contribution < 1.29 is 4.42 Å². The van der Waals surface area contributed by atoms with Gasteiger partial charge in [0.15, 0.2) is 0 Å². The van der Waals surface area contributed by atoms with E-state index in [1.165, 1.54) is 4.88 Å². The molecular formula is C15H18N4OS. The molecule has 0 spiro atoms. The number of aromatic nitrogens is 2. The molecule has 6 heteroatoms. The molecule has 0 atom stereocenters. The first-order valence-corrected chi connectivity index (χ1v) is 7.70. The van der Waals surface area contributed by atoms with E-state index in [0.29, 0.717) is 5.95 Å². The van der Waals surface area contributed by atoms with Gasteiger partial charge >= 0.3 is 0 Å². The molecule has 2 N–H and O–H groups in total. The minimum Gasteiger partial charge on any atom is -0.469 e. The SMILES string of the molecule is CCc1cc2c(N(C)Cc3ccoc3C)nc(N)nc2s1. The first kappa shape index (κ1) is 13.9. The molecular weight excluding hydrogens is 284 g/mol. The van der Waals surface area contributed by atoms with Gasteiger partial charge in [-0.1, -0.05) is 6.92 Å². The predicted octanol–water partition coefficient (Wildman–Crippen LogP) is 3.37. The lowest BCUT2D eigenvalue weighted by molar-refractivity contribution is 0.529. The molecule has 0 unspecified atom stereocenters. The first-order valence-electron chi connectivity index (χ1n) is 6.88. The van der Waals surface area contributed by atoms with Crippen LogP contribution >= 0.6 is 11.3 Å². The third-order valence-electron chi connectivity index (χ3n) is 3.52. The Kier molecular flexibility index (Phi) is 3.55. The van der Waals surface area contributed by atoms with Crippen LogP contribution in [0.5, 0.6) is 0 Å². The van der Waals surface area contributed by atoms with E-state index < -0.39 is 0 Å². The van der Waals surface area contributed by atoms with Crippen LogP contribution in [0.1, 0.15) is 23.1 Å². The highest BCUT2D eigenvalue weighted by Crippen LogP contribution is 2.32. The summed E-state index contributed by atoms with van der Waals surface area (Å²) in [5, 5.41) is 1.06. The van der Waals surface area contributed by atoms with E-state index in [1.807, 2.05) is 20.0 Å². The van der Waals surface area contributed by atoms with Gasteiger partial charge in [-0.15, -0.1) is 11.3 Å². The van der Waals surface area contributed by atoms with Crippen LogP contribution in [0.3, 0.4) is 0 Å². The van der Waals surface area contributed by atoms with E-state index in [4.69, 9.17) is 10.2 Å². The van der Waals surface area contributed by atoms with Crippen molar-refractivity contribution in [1.29, 1.82) is 0 Å². The van der Waals surface area contributed by atoms with Gasteiger partial charge in [0, 0.05) is 24.0 Å². The molecule has 0 radical (unpaired) electrons. The van der Waals surface area contributed by atoms with Gasteiger partial charge < -0.3 is 15.1 Å². The second kappa shape index (κ2) is 5.37. The number of rotatable bonds is 4. The fourth-order valence-corrected chi connectivity index (χ4v) is 3.31. The summed E-state index contributed by atoms with van der Waals surface area (Å²) in [6.45, 7) is 4.83. The largest absolute Gasteiger partial charge is 0.469 e. The van der Waals surface area contributed by atoms with Gasteiger partial charge in [0.2, 0.25) is 5.95 Å². The molecule has 3 heterocycles. The van der Waals surface area contributed by atoms with Gasteiger partial charge in [0.1, 0.15) is 16.4 Å². The van der Waals surface area contributed by atoms with Gasteiger partial charge in [-0.2, -0.15) is 4.98 Å². The fourth-order valence-electron chi connectivity index (χ4n) is 2.34. The number of thiophene rings is 1. The van der Waals surface area contributed by atoms with Crippen molar-refractivity contribution in [3.63, 3.8) is 0 Å². The third-order valence-corrected chi connectivity index (χ3v) is 4.70. The molecule has 0 saturated carbocycles. The summed E-state index contributed by atoms with van der Waals surface area (Å²) in [5.74, 6) is 2.12. The summed E-state index contributed by atoms with van der Waals surface area (Å²) in [6.07, 6.45) is 2.70. The van der Waals surface area contributed by atoms with Crippen molar-refractivity contribution in [3.8, 4) is 0 Å². The summed E-state index contributed by atoms with van der Waals surface area (Å²) in [7, 11) is 2.01. The van der Waals surface area contributed by atoms with Crippen LogP contribution in [0, 0.1) is 6.92 Å². The molecule has 0 aliphatic rings. The van der Waals surface area contributed by atoms with Crippen molar-refractivity contribution in [1.82, 2.24) is 9.97 Å². The van der Waals surface area contributed by atoms with Crippen LogP contribution in [0.15, 0.2) is 22.8 Å². The number of furan rings is 1. The van der Waals surface area contributed by atoms with Crippen LogP contribution in [0.4, 0.5) is 11.8 Å².